The van der Waals surface area contributed by atoms with E-state index in [1.165, 1.54) is 12.7 Å². The summed E-state index contributed by atoms with van der Waals surface area (Å²) in [5.41, 5.74) is 4.22. The van der Waals surface area contributed by atoms with Crippen molar-refractivity contribution in [1.82, 2.24) is 14.4 Å². The van der Waals surface area contributed by atoms with E-state index in [4.69, 9.17) is 14.2 Å². The third-order valence-corrected chi connectivity index (χ3v) is 5.07. The molecule has 0 radical (unpaired) electrons. The standard InChI is InChI=1S/C25H25N3O4/c1-4-31-20-7-5-6-18(16-20)22-24-27-23(25(29)30-3)21(28(24)14-13-26-22)12-15-32-19-10-8-17(2)9-11-19/h5-11,13-14,16H,4,12,15H2,1-3H3. The SMILES string of the molecule is CCOc1cccc(-c2nccn3c(CCOc4ccc(C)cc4)c(C(=O)OC)nc23)c1. The van der Waals surface area contributed by atoms with Crippen LogP contribution in [0.4, 0.5) is 0 Å². The van der Waals surface area contributed by atoms with Gasteiger partial charge in [-0.2, -0.15) is 0 Å². The van der Waals surface area contributed by atoms with Crippen molar-refractivity contribution in [3.63, 3.8) is 0 Å². The second-order valence-electron chi connectivity index (χ2n) is 7.24. The zero-order valence-corrected chi connectivity index (χ0v) is 18.4. The number of nitrogens with zero attached hydrogens (tertiary/aromatic N) is 3. The van der Waals surface area contributed by atoms with Gasteiger partial charge in [-0.15, -0.1) is 0 Å². The number of hydrogen-bond donors (Lipinski definition) is 0. The number of imidazole rings is 1. The Morgan fingerprint density at radius 1 is 1.06 bits per heavy atom. The summed E-state index contributed by atoms with van der Waals surface area (Å²) in [6.45, 7) is 4.93. The number of aryl methyl sites for hydroxylation is 1. The number of methoxy groups -OCH3 is 1. The van der Waals surface area contributed by atoms with E-state index in [0.29, 0.717) is 36.7 Å². The molecule has 0 saturated carbocycles. The third-order valence-electron chi connectivity index (χ3n) is 5.07. The minimum absolute atomic E-state index is 0.259. The first kappa shape index (κ1) is 21.4. The van der Waals surface area contributed by atoms with Crippen molar-refractivity contribution in [1.29, 1.82) is 0 Å². The summed E-state index contributed by atoms with van der Waals surface area (Å²) in [6, 6.07) is 15.5. The molecule has 0 saturated heterocycles. The number of benzene rings is 2. The van der Waals surface area contributed by atoms with Gasteiger partial charge >= 0.3 is 5.97 Å². The molecule has 0 bridgehead atoms. The molecule has 0 atom stereocenters. The number of ether oxygens (including phenoxy) is 3. The second-order valence-corrected chi connectivity index (χ2v) is 7.24. The van der Waals surface area contributed by atoms with Crippen LogP contribution in [-0.2, 0) is 11.2 Å². The molecule has 32 heavy (non-hydrogen) atoms. The smallest absolute Gasteiger partial charge is 0.358 e. The van der Waals surface area contributed by atoms with E-state index in [0.717, 1.165) is 17.1 Å². The minimum Gasteiger partial charge on any atom is -0.494 e. The Kier molecular flexibility index (Phi) is 6.35. The first-order valence-corrected chi connectivity index (χ1v) is 10.5. The van der Waals surface area contributed by atoms with Gasteiger partial charge in [0.05, 0.1) is 26.0 Å². The molecule has 0 N–H and O–H groups in total. The molecule has 0 unspecified atom stereocenters. The lowest BCUT2D eigenvalue weighted by molar-refractivity contribution is 0.0593. The van der Waals surface area contributed by atoms with Crippen LogP contribution in [0.3, 0.4) is 0 Å². The number of esters is 1. The van der Waals surface area contributed by atoms with Gasteiger partial charge < -0.3 is 14.2 Å². The summed E-state index contributed by atoms with van der Waals surface area (Å²) in [6.07, 6.45) is 3.97. The van der Waals surface area contributed by atoms with E-state index in [2.05, 4.69) is 9.97 Å². The van der Waals surface area contributed by atoms with Crippen molar-refractivity contribution in [3.8, 4) is 22.8 Å². The normalized spacial score (nSPS) is 10.8. The van der Waals surface area contributed by atoms with Crippen molar-refractivity contribution >= 4 is 11.6 Å². The fourth-order valence-electron chi connectivity index (χ4n) is 3.53. The van der Waals surface area contributed by atoms with Gasteiger partial charge in [0.15, 0.2) is 11.3 Å². The van der Waals surface area contributed by atoms with Crippen molar-refractivity contribution in [3.05, 3.63) is 77.9 Å². The molecule has 164 valence electrons. The van der Waals surface area contributed by atoms with Gasteiger partial charge in [0.2, 0.25) is 0 Å². The monoisotopic (exact) mass is 431 g/mol. The molecule has 2 heterocycles. The van der Waals surface area contributed by atoms with Crippen LogP contribution >= 0.6 is 0 Å². The molecule has 2 aromatic heterocycles. The van der Waals surface area contributed by atoms with E-state index in [-0.39, 0.29) is 5.69 Å². The van der Waals surface area contributed by atoms with Gasteiger partial charge in [0.25, 0.3) is 0 Å². The van der Waals surface area contributed by atoms with E-state index < -0.39 is 5.97 Å². The maximum atomic E-state index is 12.5. The van der Waals surface area contributed by atoms with Crippen LogP contribution < -0.4 is 9.47 Å². The lowest BCUT2D eigenvalue weighted by Crippen LogP contribution is -2.10. The van der Waals surface area contributed by atoms with Crippen LogP contribution in [0.25, 0.3) is 16.9 Å². The molecule has 4 rings (SSSR count). The number of aromatic nitrogens is 3. The van der Waals surface area contributed by atoms with Crippen LogP contribution in [0.2, 0.25) is 0 Å². The largest absolute Gasteiger partial charge is 0.494 e. The van der Waals surface area contributed by atoms with E-state index in [9.17, 15) is 4.79 Å². The first-order chi connectivity index (χ1) is 15.6. The number of carbonyl (C=O) groups excluding carboxylic acids is 1. The highest BCUT2D eigenvalue weighted by Gasteiger charge is 2.22. The zero-order valence-electron chi connectivity index (χ0n) is 18.4. The van der Waals surface area contributed by atoms with E-state index in [1.807, 2.05) is 66.8 Å². The van der Waals surface area contributed by atoms with Crippen molar-refractivity contribution in [2.24, 2.45) is 0 Å². The molecule has 0 aliphatic rings. The van der Waals surface area contributed by atoms with Crippen LogP contribution in [0, 0.1) is 6.92 Å². The fourth-order valence-corrected chi connectivity index (χ4v) is 3.53. The quantitative estimate of drug-likeness (QED) is 0.382. The molecular weight excluding hydrogens is 406 g/mol. The van der Waals surface area contributed by atoms with Gasteiger partial charge in [-0.05, 0) is 38.1 Å². The molecule has 0 spiro atoms. The summed E-state index contributed by atoms with van der Waals surface area (Å²) in [5, 5.41) is 0. The van der Waals surface area contributed by atoms with Gasteiger partial charge in [-0.1, -0.05) is 29.8 Å². The van der Waals surface area contributed by atoms with Crippen molar-refractivity contribution in [2.45, 2.75) is 20.3 Å². The molecule has 7 nitrogen and oxygen atoms in total. The molecule has 2 aromatic carbocycles. The lowest BCUT2D eigenvalue weighted by atomic mass is 10.1. The summed E-state index contributed by atoms with van der Waals surface area (Å²) in [4.78, 5) is 21.6. The van der Waals surface area contributed by atoms with Gasteiger partial charge in [-0.3, -0.25) is 9.38 Å². The highest BCUT2D eigenvalue weighted by Crippen LogP contribution is 2.27. The predicted octanol–water partition coefficient (Wildman–Crippen LogP) is 4.51. The molecule has 0 fully saturated rings. The molecule has 0 amide bonds. The van der Waals surface area contributed by atoms with Gasteiger partial charge in [0.1, 0.15) is 17.2 Å². The number of rotatable bonds is 8. The topological polar surface area (TPSA) is 75.0 Å². The predicted molar refractivity (Wildman–Crippen MR) is 121 cm³/mol. The lowest BCUT2D eigenvalue weighted by Gasteiger charge is -2.09. The van der Waals surface area contributed by atoms with E-state index in [1.54, 1.807) is 12.4 Å². The van der Waals surface area contributed by atoms with Crippen molar-refractivity contribution < 1.29 is 19.0 Å². The number of carbonyl (C=O) groups is 1. The first-order valence-electron chi connectivity index (χ1n) is 10.5. The Balaban J connectivity index is 1.70. The average molecular weight is 431 g/mol. The summed E-state index contributed by atoms with van der Waals surface area (Å²) in [7, 11) is 1.35. The molecule has 0 aliphatic carbocycles. The van der Waals surface area contributed by atoms with Crippen LogP contribution in [0.15, 0.2) is 60.9 Å². The number of fused-ring (bicyclic) bond motifs is 1. The highest BCUT2D eigenvalue weighted by molar-refractivity contribution is 5.91. The minimum atomic E-state index is -0.493. The third kappa shape index (κ3) is 4.42. The summed E-state index contributed by atoms with van der Waals surface area (Å²) in [5.74, 6) is 1.03. The van der Waals surface area contributed by atoms with Crippen LogP contribution in [-0.4, -0.2) is 40.7 Å². The maximum Gasteiger partial charge on any atom is 0.358 e. The van der Waals surface area contributed by atoms with Crippen molar-refractivity contribution in [2.75, 3.05) is 20.3 Å². The Labute approximate surface area is 186 Å². The Hall–Kier alpha value is -3.87. The van der Waals surface area contributed by atoms with Gasteiger partial charge in [0, 0.05) is 24.4 Å². The van der Waals surface area contributed by atoms with Gasteiger partial charge in [-0.25, -0.2) is 9.78 Å². The Bertz CT molecular complexity index is 1230. The van der Waals surface area contributed by atoms with Crippen LogP contribution in [0.1, 0.15) is 28.7 Å². The highest BCUT2D eigenvalue weighted by atomic mass is 16.5. The summed E-state index contributed by atoms with van der Waals surface area (Å²) < 4.78 is 18.4. The number of hydrogen-bond acceptors (Lipinski definition) is 6. The average Bonchev–Trinajstić information content (AvgIpc) is 3.19. The molecule has 7 heteroatoms. The second kappa shape index (κ2) is 9.51. The molecule has 0 aliphatic heterocycles. The van der Waals surface area contributed by atoms with E-state index >= 15 is 0 Å². The fraction of sp³-hybridized carbons (Fsp3) is 0.240. The zero-order chi connectivity index (χ0) is 22.5. The molecule has 4 aromatic rings. The Morgan fingerprint density at radius 3 is 2.62 bits per heavy atom. The maximum absolute atomic E-state index is 12.5. The molecular formula is C25H25N3O4. The van der Waals surface area contributed by atoms with Crippen LogP contribution in [0.5, 0.6) is 11.5 Å². The Morgan fingerprint density at radius 2 is 1.88 bits per heavy atom. The summed E-state index contributed by atoms with van der Waals surface area (Å²) >= 11 is 0.